The van der Waals surface area contributed by atoms with E-state index in [1.54, 1.807) is 42.0 Å². The highest BCUT2D eigenvalue weighted by molar-refractivity contribution is 8.25. The number of hydrogen-bond donors (Lipinski definition) is 1. The van der Waals surface area contributed by atoms with E-state index in [9.17, 15) is 5.26 Å². The molecule has 0 bridgehead atoms. The minimum atomic E-state index is 0.216. The van der Waals surface area contributed by atoms with Crippen LogP contribution in [0.3, 0.4) is 0 Å². The predicted molar refractivity (Wildman–Crippen MR) is 90.4 cm³/mol. The minimum Gasteiger partial charge on any atom is -0.344 e. The van der Waals surface area contributed by atoms with Gasteiger partial charge in [0.15, 0.2) is 0 Å². The summed E-state index contributed by atoms with van der Waals surface area (Å²) in [4.78, 5) is 7.13. The Morgan fingerprint density at radius 1 is 1.43 bits per heavy atom. The second-order valence-corrected chi connectivity index (χ2v) is 7.64. The fraction of sp³-hybridized carbons (Fsp3) is 0.143. The SMILES string of the molecule is N#C/C(=C1/SC[C@@H](c2ccc(Cl)cc2Cl)S1)c1ncc[nH]1. The molecule has 0 spiro atoms. The van der Waals surface area contributed by atoms with Gasteiger partial charge >= 0.3 is 0 Å². The summed E-state index contributed by atoms with van der Waals surface area (Å²) in [5.74, 6) is 1.48. The molecule has 1 atom stereocenters. The van der Waals surface area contributed by atoms with Crippen molar-refractivity contribution in [3.8, 4) is 6.07 Å². The Morgan fingerprint density at radius 3 is 2.95 bits per heavy atom. The third-order valence-electron chi connectivity index (χ3n) is 2.98. The van der Waals surface area contributed by atoms with Gasteiger partial charge < -0.3 is 4.98 Å². The number of halogens is 2. The van der Waals surface area contributed by atoms with Crippen LogP contribution < -0.4 is 0 Å². The Hall–Kier alpha value is -1.06. The number of allylic oxidation sites excluding steroid dienone is 1. The number of nitriles is 1. The normalized spacial score (nSPS) is 20.3. The van der Waals surface area contributed by atoms with E-state index in [0.717, 1.165) is 15.6 Å². The highest BCUT2D eigenvalue weighted by Gasteiger charge is 2.28. The Kier molecular flexibility index (Phi) is 4.51. The highest BCUT2D eigenvalue weighted by Crippen LogP contribution is 2.53. The summed E-state index contributed by atoms with van der Waals surface area (Å²) in [7, 11) is 0. The molecule has 0 unspecified atom stereocenters. The van der Waals surface area contributed by atoms with Crippen LogP contribution in [-0.2, 0) is 0 Å². The van der Waals surface area contributed by atoms with Gasteiger partial charge in [0.05, 0.1) is 4.24 Å². The van der Waals surface area contributed by atoms with Crippen molar-refractivity contribution < 1.29 is 0 Å². The van der Waals surface area contributed by atoms with Crippen LogP contribution in [0.25, 0.3) is 5.57 Å². The maximum absolute atomic E-state index is 9.37. The molecule has 1 fully saturated rings. The van der Waals surface area contributed by atoms with Crippen LogP contribution in [-0.4, -0.2) is 15.7 Å². The zero-order valence-corrected chi connectivity index (χ0v) is 13.8. The molecule has 106 valence electrons. The lowest BCUT2D eigenvalue weighted by atomic mass is 10.2. The minimum absolute atomic E-state index is 0.216. The summed E-state index contributed by atoms with van der Waals surface area (Å²) in [6.45, 7) is 0. The van der Waals surface area contributed by atoms with Crippen molar-refractivity contribution in [2.45, 2.75) is 5.25 Å². The van der Waals surface area contributed by atoms with Crippen LogP contribution in [0.2, 0.25) is 10.0 Å². The molecule has 2 aromatic rings. The van der Waals surface area contributed by atoms with Crippen LogP contribution in [0.1, 0.15) is 16.6 Å². The second kappa shape index (κ2) is 6.37. The number of rotatable bonds is 2. The van der Waals surface area contributed by atoms with E-state index in [2.05, 4.69) is 16.0 Å². The Labute approximate surface area is 140 Å². The molecule has 1 aliphatic rings. The average Bonchev–Trinajstić information content (AvgIpc) is 3.12. The van der Waals surface area contributed by atoms with Gasteiger partial charge in [-0.05, 0) is 17.7 Å². The zero-order valence-electron chi connectivity index (χ0n) is 10.6. The first-order valence-electron chi connectivity index (χ1n) is 6.07. The molecule has 0 saturated carbocycles. The zero-order chi connectivity index (χ0) is 14.8. The van der Waals surface area contributed by atoms with Crippen molar-refractivity contribution in [2.24, 2.45) is 0 Å². The van der Waals surface area contributed by atoms with E-state index in [1.165, 1.54) is 0 Å². The molecule has 1 aromatic heterocycles. The van der Waals surface area contributed by atoms with Crippen molar-refractivity contribution in [2.75, 3.05) is 5.75 Å². The molecular formula is C14H9Cl2N3S2. The van der Waals surface area contributed by atoms with Gasteiger partial charge in [0.2, 0.25) is 0 Å². The van der Waals surface area contributed by atoms with E-state index in [-0.39, 0.29) is 5.25 Å². The number of nitrogens with zero attached hydrogens (tertiary/aromatic N) is 2. The summed E-state index contributed by atoms with van der Waals surface area (Å²) < 4.78 is 0.975. The number of benzene rings is 1. The van der Waals surface area contributed by atoms with Gasteiger partial charge in [-0.2, -0.15) is 5.26 Å². The molecule has 1 aromatic carbocycles. The summed E-state index contributed by atoms with van der Waals surface area (Å²) in [5.41, 5.74) is 1.63. The fourth-order valence-electron chi connectivity index (χ4n) is 1.99. The first kappa shape index (κ1) is 14.9. The van der Waals surface area contributed by atoms with Crippen LogP contribution >= 0.6 is 46.7 Å². The topological polar surface area (TPSA) is 52.5 Å². The van der Waals surface area contributed by atoms with Gasteiger partial charge in [0.1, 0.15) is 17.5 Å². The summed E-state index contributed by atoms with van der Waals surface area (Å²) >= 11 is 15.5. The van der Waals surface area contributed by atoms with Crippen LogP contribution in [0.5, 0.6) is 0 Å². The monoisotopic (exact) mass is 353 g/mol. The van der Waals surface area contributed by atoms with E-state index < -0.39 is 0 Å². The standard InChI is InChI=1S/C14H9Cl2N3S2/c15-8-1-2-9(11(16)5-8)12-7-20-14(21-12)10(6-17)13-18-3-4-19-13/h1-5,12H,7H2,(H,18,19)/b14-10+/t12-/m0/s1. The van der Waals surface area contributed by atoms with Crippen LogP contribution in [0.15, 0.2) is 34.8 Å². The molecular weight excluding hydrogens is 345 g/mol. The molecule has 0 radical (unpaired) electrons. The van der Waals surface area contributed by atoms with Crippen molar-refractivity contribution in [1.29, 1.82) is 5.26 Å². The largest absolute Gasteiger partial charge is 0.344 e. The molecule has 0 amide bonds. The number of aromatic amines is 1. The van der Waals surface area contributed by atoms with Crippen molar-refractivity contribution in [3.05, 3.63) is 56.3 Å². The second-order valence-electron chi connectivity index (χ2n) is 4.30. The quantitative estimate of drug-likeness (QED) is 0.760. The fourth-order valence-corrected chi connectivity index (χ4v) is 5.52. The van der Waals surface area contributed by atoms with E-state index in [1.807, 2.05) is 12.1 Å². The third-order valence-corrected chi connectivity index (χ3v) is 6.48. The van der Waals surface area contributed by atoms with Crippen molar-refractivity contribution in [3.63, 3.8) is 0 Å². The third kappa shape index (κ3) is 3.09. The lowest BCUT2D eigenvalue weighted by Crippen LogP contribution is -1.92. The molecule has 3 nitrogen and oxygen atoms in total. The molecule has 3 rings (SSSR count). The van der Waals surface area contributed by atoms with Gasteiger partial charge in [0.25, 0.3) is 0 Å². The van der Waals surface area contributed by atoms with E-state index >= 15 is 0 Å². The van der Waals surface area contributed by atoms with Gasteiger partial charge in [-0.3, -0.25) is 0 Å². The number of hydrogen-bond acceptors (Lipinski definition) is 4. The van der Waals surface area contributed by atoms with Gasteiger partial charge in [0, 0.05) is 33.4 Å². The lowest BCUT2D eigenvalue weighted by molar-refractivity contribution is 1.13. The van der Waals surface area contributed by atoms with Gasteiger partial charge in [-0.15, -0.1) is 23.5 Å². The molecule has 1 N–H and O–H groups in total. The highest BCUT2D eigenvalue weighted by atomic mass is 35.5. The molecule has 21 heavy (non-hydrogen) atoms. The van der Waals surface area contributed by atoms with E-state index in [0.29, 0.717) is 21.4 Å². The molecule has 1 aliphatic heterocycles. The summed E-state index contributed by atoms with van der Waals surface area (Å²) in [5, 5.41) is 10.9. The maximum Gasteiger partial charge on any atom is 0.149 e. The number of H-pyrrole nitrogens is 1. The average molecular weight is 354 g/mol. The Morgan fingerprint density at radius 2 is 2.29 bits per heavy atom. The van der Waals surface area contributed by atoms with Crippen LogP contribution in [0.4, 0.5) is 0 Å². The molecule has 7 heteroatoms. The Bertz CT molecular complexity index is 735. The van der Waals surface area contributed by atoms with Crippen molar-refractivity contribution >= 4 is 52.3 Å². The van der Waals surface area contributed by atoms with Crippen molar-refractivity contribution in [1.82, 2.24) is 9.97 Å². The number of aromatic nitrogens is 2. The first-order valence-corrected chi connectivity index (χ1v) is 8.69. The summed E-state index contributed by atoms with van der Waals surface area (Å²) in [6, 6.07) is 7.78. The maximum atomic E-state index is 9.37. The number of nitrogens with one attached hydrogen (secondary N) is 1. The Balaban J connectivity index is 1.90. The number of imidazole rings is 1. The van der Waals surface area contributed by atoms with E-state index in [4.69, 9.17) is 23.2 Å². The molecule has 0 aliphatic carbocycles. The molecule has 2 heterocycles. The lowest BCUT2D eigenvalue weighted by Gasteiger charge is -2.10. The van der Waals surface area contributed by atoms with Crippen LogP contribution in [0, 0.1) is 11.3 Å². The number of thioether (sulfide) groups is 2. The first-order chi connectivity index (χ1) is 10.2. The van der Waals surface area contributed by atoms with Gasteiger partial charge in [-0.1, -0.05) is 29.3 Å². The smallest absolute Gasteiger partial charge is 0.149 e. The summed E-state index contributed by atoms with van der Waals surface area (Å²) in [6.07, 6.45) is 3.36. The predicted octanol–water partition coefficient (Wildman–Crippen LogP) is 5.13. The molecule has 1 saturated heterocycles. The van der Waals surface area contributed by atoms with Gasteiger partial charge in [-0.25, -0.2) is 4.98 Å².